The smallest absolute Gasteiger partial charge is 0.317 e. The molecule has 0 aliphatic heterocycles. The van der Waals surface area contributed by atoms with E-state index in [2.05, 4.69) is 24.1 Å². The normalized spacial score (nSPS) is 11.9. The molecule has 1 atom stereocenters. The molecule has 0 spiro atoms. The van der Waals surface area contributed by atoms with Gasteiger partial charge in [0, 0.05) is 26.0 Å². The number of amides is 2. The summed E-state index contributed by atoms with van der Waals surface area (Å²) < 4.78 is 5.04. The maximum atomic E-state index is 12.6. The van der Waals surface area contributed by atoms with Crippen LogP contribution in [-0.2, 0) is 6.54 Å². The fraction of sp³-hybridized carbons (Fsp3) is 0.400. The number of benzene rings is 1. The Hall–Kier alpha value is -2.76. The summed E-state index contributed by atoms with van der Waals surface area (Å²) >= 11 is 0. The minimum absolute atomic E-state index is 0.0619. The molecule has 0 fully saturated rings. The zero-order valence-corrected chi connectivity index (χ0v) is 15.8. The quantitative estimate of drug-likeness (QED) is 0.792. The van der Waals surface area contributed by atoms with Crippen LogP contribution in [0.15, 0.2) is 42.7 Å². The number of urea groups is 1. The molecule has 0 unspecified atom stereocenters. The van der Waals surface area contributed by atoms with E-state index in [1.54, 1.807) is 36.5 Å². The monoisotopic (exact) mass is 357 g/mol. The SMILES string of the molecule is COc1ccc(CN(C)C(=O)N[C@@H](CC(C)C)c2cccnc2)cc1O. The van der Waals surface area contributed by atoms with Gasteiger partial charge in [-0.3, -0.25) is 4.98 Å². The van der Waals surface area contributed by atoms with Gasteiger partial charge in [-0.1, -0.05) is 26.0 Å². The number of nitrogens with one attached hydrogen (secondary N) is 1. The Balaban J connectivity index is 2.04. The predicted octanol–water partition coefficient (Wildman–Crippen LogP) is 3.72. The second-order valence-corrected chi connectivity index (χ2v) is 6.78. The highest BCUT2D eigenvalue weighted by molar-refractivity contribution is 5.74. The first-order chi connectivity index (χ1) is 12.4. The number of phenolic OH excluding ortho intramolecular Hbond substituents is 1. The number of rotatable bonds is 7. The fourth-order valence-corrected chi connectivity index (χ4v) is 2.77. The Kier molecular flexibility index (Phi) is 6.83. The first kappa shape index (κ1) is 19.6. The molecule has 26 heavy (non-hydrogen) atoms. The maximum Gasteiger partial charge on any atom is 0.317 e. The van der Waals surface area contributed by atoms with E-state index in [4.69, 9.17) is 4.74 Å². The Morgan fingerprint density at radius 3 is 2.69 bits per heavy atom. The Labute approximate surface area is 154 Å². The van der Waals surface area contributed by atoms with Crippen molar-refractivity contribution in [2.24, 2.45) is 5.92 Å². The third-order valence-electron chi connectivity index (χ3n) is 4.10. The highest BCUT2D eigenvalue weighted by Gasteiger charge is 2.19. The molecule has 1 aromatic carbocycles. The van der Waals surface area contributed by atoms with Crippen molar-refractivity contribution < 1.29 is 14.6 Å². The highest BCUT2D eigenvalue weighted by Crippen LogP contribution is 2.27. The molecule has 2 rings (SSSR count). The van der Waals surface area contributed by atoms with Crippen LogP contribution in [0.4, 0.5) is 4.79 Å². The van der Waals surface area contributed by atoms with E-state index in [0.717, 1.165) is 17.5 Å². The molecule has 0 bridgehead atoms. The first-order valence-corrected chi connectivity index (χ1v) is 8.68. The van der Waals surface area contributed by atoms with Crippen molar-refractivity contribution in [1.82, 2.24) is 15.2 Å². The van der Waals surface area contributed by atoms with Crippen molar-refractivity contribution in [3.63, 3.8) is 0 Å². The van der Waals surface area contributed by atoms with Gasteiger partial charge < -0.3 is 20.1 Å². The van der Waals surface area contributed by atoms with Gasteiger partial charge in [0.1, 0.15) is 0 Å². The predicted molar refractivity (Wildman–Crippen MR) is 101 cm³/mol. The summed E-state index contributed by atoms with van der Waals surface area (Å²) in [7, 11) is 3.23. The lowest BCUT2D eigenvalue weighted by Crippen LogP contribution is -2.39. The fourth-order valence-electron chi connectivity index (χ4n) is 2.77. The number of nitrogens with zero attached hydrogens (tertiary/aromatic N) is 2. The van der Waals surface area contributed by atoms with Crippen LogP contribution in [0, 0.1) is 5.92 Å². The summed E-state index contributed by atoms with van der Waals surface area (Å²) in [5, 5.41) is 13.0. The van der Waals surface area contributed by atoms with Gasteiger partial charge in [-0.15, -0.1) is 0 Å². The number of hydrogen-bond donors (Lipinski definition) is 2. The molecular weight excluding hydrogens is 330 g/mol. The molecule has 2 N–H and O–H groups in total. The van der Waals surface area contributed by atoms with Crippen molar-refractivity contribution in [1.29, 1.82) is 0 Å². The van der Waals surface area contributed by atoms with Crippen molar-refractivity contribution >= 4 is 6.03 Å². The lowest BCUT2D eigenvalue weighted by molar-refractivity contribution is 0.200. The highest BCUT2D eigenvalue weighted by atomic mass is 16.5. The van der Waals surface area contributed by atoms with Crippen molar-refractivity contribution in [2.45, 2.75) is 32.9 Å². The Morgan fingerprint density at radius 2 is 2.12 bits per heavy atom. The van der Waals surface area contributed by atoms with Crippen molar-refractivity contribution in [3.05, 3.63) is 53.9 Å². The molecule has 2 amide bonds. The minimum atomic E-state index is -0.171. The molecule has 6 nitrogen and oxygen atoms in total. The van der Waals surface area contributed by atoms with Gasteiger partial charge in [0.2, 0.25) is 0 Å². The molecule has 0 aliphatic rings. The van der Waals surface area contributed by atoms with E-state index in [1.165, 1.54) is 7.11 Å². The number of hydrogen-bond acceptors (Lipinski definition) is 4. The van der Waals surface area contributed by atoms with E-state index in [1.807, 2.05) is 18.2 Å². The third-order valence-corrected chi connectivity index (χ3v) is 4.10. The standard InChI is InChI=1S/C20H27N3O3/c1-14(2)10-17(16-6-5-9-21-12-16)22-20(25)23(3)13-15-7-8-19(26-4)18(24)11-15/h5-9,11-12,14,17,24H,10,13H2,1-4H3,(H,22,25)/t17-/m0/s1. The number of carbonyl (C=O) groups excluding carboxylic acids is 1. The van der Waals surface area contributed by atoms with Crippen LogP contribution in [0.1, 0.15) is 37.4 Å². The lowest BCUT2D eigenvalue weighted by atomic mass is 9.98. The second-order valence-electron chi connectivity index (χ2n) is 6.78. The molecule has 1 aromatic heterocycles. The summed E-state index contributed by atoms with van der Waals surface area (Å²) in [5.41, 5.74) is 1.81. The first-order valence-electron chi connectivity index (χ1n) is 8.68. The molecule has 2 aromatic rings. The van der Waals surface area contributed by atoms with E-state index in [9.17, 15) is 9.90 Å². The average Bonchev–Trinajstić information content (AvgIpc) is 2.61. The van der Waals surface area contributed by atoms with Crippen LogP contribution in [0.2, 0.25) is 0 Å². The van der Waals surface area contributed by atoms with E-state index in [0.29, 0.717) is 18.2 Å². The number of phenols is 1. The summed E-state index contributed by atoms with van der Waals surface area (Å²) in [5.74, 6) is 0.908. The summed E-state index contributed by atoms with van der Waals surface area (Å²) in [4.78, 5) is 18.4. The van der Waals surface area contributed by atoms with Crippen LogP contribution in [0.25, 0.3) is 0 Å². The largest absolute Gasteiger partial charge is 0.504 e. The van der Waals surface area contributed by atoms with E-state index >= 15 is 0 Å². The Morgan fingerprint density at radius 1 is 1.35 bits per heavy atom. The molecule has 0 aliphatic carbocycles. The molecule has 1 heterocycles. The number of pyridine rings is 1. The van der Waals surface area contributed by atoms with Gasteiger partial charge in [0.15, 0.2) is 11.5 Å². The van der Waals surface area contributed by atoms with E-state index < -0.39 is 0 Å². The zero-order valence-electron chi connectivity index (χ0n) is 15.8. The summed E-state index contributed by atoms with van der Waals surface area (Å²) in [6.45, 7) is 4.63. The molecular formula is C20H27N3O3. The van der Waals surface area contributed by atoms with Gasteiger partial charge in [0.05, 0.1) is 13.2 Å². The molecule has 0 saturated carbocycles. The summed E-state index contributed by atoms with van der Waals surface area (Å²) in [6.07, 6.45) is 4.34. The Bertz CT molecular complexity index is 719. The van der Waals surface area contributed by atoms with Gasteiger partial charge in [-0.2, -0.15) is 0 Å². The molecule has 0 radical (unpaired) electrons. The molecule has 140 valence electrons. The van der Waals surface area contributed by atoms with E-state index in [-0.39, 0.29) is 17.8 Å². The van der Waals surface area contributed by atoms with Gasteiger partial charge in [-0.25, -0.2) is 4.79 Å². The van der Waals surface area contributed by atoms with Gasteiger partial charge >= 0.3 is 6.03 Å². The maximum absolute atomic E-state index is 12.6. The minimum Gasteiger partial charge on any atom is -0.504 e. The second kappa shape index (κ2) is 9.08. The number of aromatic hydroxyl groups is 1. The average molecular weight is 357 g/mol. The van der Waals surface area contributed by atoms with Crippen LogP contribution >= 0.6 is 0 Å². The van der Waals surface area contributed by atoms with Gasteiger partial charge in [-0.05, 0) is 41.7 Å². The van der Waals surface area contributed by atoms with Crippen LogP contribution in [0.5, 0.6) is 11.5 Å². The number of methoxy groups -OCH3 is 1. The van der Waals surface area contributed by atoms with Crippen molar-refractivity contribution in [2.75, 3.05) is 14.2 Å². The lowest BCUT2D eigenvalue weighted by Gasteiger charge is -2.25. The topological polar surface area (TPSA) is 74.7 Å². The third kappa shape index (κ3) is 5.37. The molecule has 6 heteroatoms. The van der Waals surface area contributed by atoms with Crippen LogP contribution in [-0.4, -0.2) is 35.2 Å². The van der Waals surface area contributed by atoms with Gasteiger partial charge in [0.25, 0.3) is 0 Å². The molecule has 0 saturated heterocycles. The number of carbonyl (C=O) groups is 1. The number of ether oxygens (including phenoxy) is 1. The summed E-state index contributed by atoms with van der Waals surface area (Å²) in [6, 6.07) is 8.70. The van der Waals surface area contributed by atoms with Crippen LogP contribution in [0.3, 0.4) is 0 Å². The van der Waals surface area contributed by atoms with Crippen molar-refractivity contribution in [3.8, 4) is 11.5 Å². The zero-order chi connectivity index (χ0) is 19.1. The number of aromatic nitrogens is 1. The van der Waals surface area contributed by atoms with Crippen LogP contribution < -0.4 is 10.1 Å².